The summed E-state index contributed by atoms with van der Waals surface area (Å²) >= 11 is 0. The fourth-order valence-corrected chi connectivity index (χ4v) is 2.41. The molecule has 19 heavy (non-hydrogen) atoms. The maximum Gasteiger partial charge on any atom is 0.226 e. The van der Waals surface area contributed by atoms with Gasteiger partial charge in [0.1, 0.15) is 0 Å². The standard InChI is InChI=1S/C16H19NO2/c1-2-3-11-17-16(18)14-10-7-12-19-15(14)13-8-5-4-6-9-13/h1,4-6,8-9,14-15H,3,7,10-12H2,(H,17,18). The van der Waals surface area contributed by atoms with Crippen LogP contribution in [0, 0.1) is 18.3 Å². The van der Waals surface area contributed by atoms with Crippen LogP contribution in [0.4, 0.5) is 0 Å². The molecule has 1 aromatic carbocycles. The van der Waals surface area contributed by atoms with Crippen LogP contribution in [0.15, 0.2) is 30.3 Å². The highest BCUT2D eigenvalue weighted by Gasteiger charge is 2.32. The highest BCUT2D eigenvalue weighted by molar-refractivity contribution is 5.79. The van der Waals surface area contributed by atoms with E-state index in [2.05, 4.69) is 11.2 Å². The van der Waals surface area contributed by atoms with Gasteiger partial charge in [-0.05, 0) is 18.4 Å². The summed E-state index contributed by atoms with van der Waals surface area (Å²) in [5, 5.41) is 2.89. The molecule has 1 N–H and O–H groups in total. The summed E-state index contributed by atoms with van der Waals surface area (Å²) in [6.07, 6.45) is 7.40. The Balaban J connectivity index is 2.04. The van der Waals surface area contributed by atoms with Crippen molar-refractivity contribution in [1.29, 1.82) is 0 Å². The Labute approximate surface area is 114 Å². The maximum atomic E-state index is 12.2. The number of carbonyl (C=O) groups excluding carboxylic acids is 1. The summed E-state index contributed by atoms with van der Waals surface area (Å²) in [6, 6.07) is 9.94. The second-order valence-corrected chi connectivity index (χ2v) is 4.70. The van der Waals surface area contributed by atoms with Crippen LogP contribution in [0.25, 0.3) is 0 Å². The third-order valence-corrected chi connectivity index (χ3v) is 3.36. The third kappa shape index (κ3) is 3.59. The zero-order valence-electron chi connectivity index (χ0n) is 11.0. The molecule has 2 atom stereocenters. The van der Waals surface area contributed by atoms with Crippen LogP contribution < -0.4 is 5.32 Å². The zero-order chi connectivity index (χ0) is 13.5. The van der Waals surface area contributed by atoms with E-state index in [1.165, 1.54) is 0 Å². The molecule has 0 aromatic heterocycles. The average Bonchev–Trinajstić information content (AvgIpc) is 2.48. The fraction of sp³-hybridized carbons (Fsp3) is 0.438. The molecule has 1 aliphatic rings. The minimum atomic E-state index is -0.138. The van der Waals surface area contributed by atoms with E-state index in [-0.39, 0.29) is 17.9 Å². The van der Waals surface area contributed by atoms with Crippen molar-refractivity contribution < 1.29 is 9.53 Å². The van der Waals surface area contributed by atoms with Gasteiger partial charge in [-0.25, -0.2) is 0 Å². The molecular weight excluding hydrogens is 238 g/mol. The van der Waals surface area contributed by atoms with Gasteiger partial charge in [-0.2, -0.15) is 0 Å². The summed E-state index contributed by atoms with van der Waals surface area (Å²) in [5.74, 6) is 2.45. The van der Waals surface area contributed by atoms with Crippen LogP contribution in [0.1, 0.15) is 30.9 Å². The van der Waals surface area contributed by atoms with Crippen molar-refractivity contribution in [3.63, 3.8) is 0 Å². The number of terminal acetylenes is 1. The minimum Gasteiger partial charge on any atom is -0.373 e. The lowest BCUT2D eigenvalue weighted by Gasteiger charge is -2.31. The molecule has 0 aliphatic carbocycles. The molecule has 3 heteroatoms. The molecule has 1 aliphatic heterocycles. The first-order chi connectivity index (χ1) is 9.33. The summed E-state index contributed by atoms with van der Waals surface area (Å²) in [4.78, 5) is 12.2. The van der Waals surface area contributed by atoms with Crippen molar-refractivity contribution >= 4 is 5.91 Å². The van der Waals surface area contributed by atoms with Crippen LogP contribution in [-0.2, 0) is 9.53 Å². The molecule has 3 nitrogen and oxygen atoms in total. The molecule has 0 spiro atoms. The predicted molar refractivity (Wildman–Crippen MR) is 74.3 cm³/mol. The first kappa shape index (κ1) is 13.6. The number of carbonyl (C=O) groups is 1. The molecular formula is C16H19NO2. The number of rotatable bonds is 4. The van der Waals surface area contributed by atoms with Crippen LogP contribution in [0.5, 0.6) is 0 Å². The highest BCUT2D eigenvalue weighted by Crippen LogP contribution is 2.33. The first-order valence-corrected chi connectivity index (χ1v) is 6.70. The summed E-state index contributed by atoms with van der Waals surface area (Å²) in [6.45, 7) is 1.25. The molecule has 2 unspecified atom stereocenters. The Morgan fingerprint density at radius 1 is 1.42 bits per heavy atom. The third-order valence-electron chi connectivity index (χ3n) is 3.36. The Morgan fingerprint density at radius 3 is 2.95 bits per heavy atom. The molecule has 1 heterocycles. The van der Waals surface area contributed by atoms with Gasteiger partial charge >= 0.3 is 0 Å². The van der Waals surface area contributed by atoms with Crippen LogP contribution in [0.3, 0.4) is 0 Å². The molecule has 0 radical (unpaired) electrons. The number of nitrogens with one attached hydrogen (secondary N) is 1. The van der Waals surface area contributed by atoms with E-state index in [4.69, 9.17) is 11.2 Å². The summed E-state index contributed by atoms with van der Waals surface area (Å²) < 4.78 is 5.80. The van der Waals surface area contributed by atoms with Gasteiger partial charge in [-0.15, -0.1) is 12.3 Å². The molecule has 1 aromatic rings. The lowest BCUT2D eigenvalue weighted by Crippen LogP contribution is -2.37. The Bertz CT molecular complexity index is 450. The van der Waals surface area contributed by atoms with Crippen molar-refractivity contribution in [3.05, 3.63) is 35.9 Å². The molecule has 100 valence electrons. The van der Waals surface area contributed by atoms with E-state index in [0.29, 0.717) is 19.6 Å². The van der Waals surface area contributed by atoms with E-state index in [9.17, 15) is 4.79 Å². The monoisotopic (exact) mass is 257 g/mol. The van der Waals surface area contributed by atoms with Crippen molar-refractivity contribution in [3.8, 4) is 12.3 Å². The molecule has 0 bridgehead atoms. The topological polar surface area (TPSA) is 38.3 Å². The molecule has 1 saturated heterocycles. The predicted octanol–water partition coefficient (Wildman–Crippen LogP) is 2.29. The quantitative estimate of drug-likeness (QED) is 0.664. The summed E-state index contributed by atoms with van der Waals surface area (Å²) in [7, 11) is 0. The van der Waals surface area contributed by atoms with E-state index < -0.39 is 0 Å². The molecule has 1 amide bonds. The van der Waals surface area contributed by atoms with Crippen molar-refractivity contribution in [2.24, 2.45) is 5.92 Å². The van der Waals surface area contributed by atoms with E-state index in [0.717, 1.165) is 18.4 Å². The van der Waals surface area contributed by atoms with Gasteiger partial charge in [0.05, 0.1) is 12.0 Å². The minimum absolute atomic E-state index is 0.0452. The normalized spacial score (nSPS) is 22.5. The smallest absolute Gasteiger partial charge is 0.226 e. The average molecular weight is 257 g/mol. The number of amides is 1. The van der Waals surface area contributed by atoms with Gasteiger partial charge in [0.15, 0.2) is 0 Å². The second-order valence-electron chi connectivity index (χ2n) is 4.70. The van der Waals surface area contributed by atoms with Gasteiger partial charge < -0.3 is 10.1 Å². The van der Waals surface area contributed by atoms with Crippen molar-refractivity contribution in [1.82, 2.24) is 5.32 Å². The molecule has 0 saturated carbocycles. The Hall–Kier alpha value is -1.79. The zero-order valence-corrected chi connectivity index (χ0v) is 11.0. The van der Waals surface area contributed by atoms with Gasteiger partial charge in [0.2, 0.25) is 5.91 Å². The van der Waals surface area contributed by atoms with Gasteiger partial charge in [-0.1, -0.05) is 30.3 Å². The van der Waals surface area contributed by atoms with Crippen LogP contribution in [0.2, 0.25) is 0 Å². The highest BCUT2D eigenvalue weighted by atomic mass is 16.5. The fourth-order valence-electron chi connectivity index (χ4n) is 2.41. The van der Waals surface area contributed by atoms with E-state index in [1.807, 2.05) is 30.3 Å². The van der Waals surface area contributed by atoms with Crippen LogP contribution in [-0.4, -0.2) is 19.1 Å². The molecule has 2 rings (SSSR count). The Kier molecular flexibility index (Phi) is 5.00. The summed E-state index contributed by atoms with van der Waals surface area (Å²) in [5.41, 5.74) is 1.07. The van der Waals surface area contributed by atoms with Crippen molar-refractivity contribution in [2.45, 2.75) is 25.4 Å². The molecule has 1 fully saturated rings. The van der Waals surface area contributed by atoms with Crippen molar-refractivity contribution in [2.75, 3.05) is 13.2 Å². The van der Waals surface area contributed by atoms with E-state index >= 15 is 0 Å². The lowest BCUT2D eigenvalue weighted by atomic mass is 9.89. The maximum absolute atomic E-state index is 12.2. The van der Waals surface area contributed by atoms with Gasteiger partial charge in [0, 0.05) is 19.6 Å². The number of ether oxygens (including phenoxy) is 1. The first-order valence-electron chi connectivity index (χ1n) is 6.70. The van der Waals surface area contributed by atoms with Crippen LogP contribution >= 0.6 is 0 Å². The SMILES string of the molecule is C#CCCNC(=O)C1CCCOC1c1ccccc1. The van der Waals surface area contributed by atoms with Gasteiger partial charge in [0.25, 0.3) is 0 Å². The second kappa shape index (κ2) is 6.96. The number of hydrogen-bond acceptors (Lipinski definition) is 2. The number of hydrogen-bond donors (Lipinski definition) is 1. The van der Waals surface area contributed by atoms with Gasteiger partial charge in [-0.3, -0.25) is 4.79 Å². The number of benzene rings is 1. The van der Waals surface area contributed by atoms with E-state index in [1.54, 1.807) is 0 Å². The largest absolute Gasteiger partial charge is 0.373 e. The Morgan fingerprint density at radius 2 is 2.21 bits per heavy atom. The lowest BCUT2D eigenvalue weighted by molar-refractivity contribution is -0.134.